The quantitative estimate of drug-likeness (QED) is 0.826. The standard InChI is InChI=1S/C13H17NO2/c15-10-12-9-14(7-6-13(12)16)8-11-4-2-1-3-5-11/h1-5,12,15H,6-10H2/t12-/m0/s1. The Hall–Kier alpha value is -1.19. The molecule has 0 saturated carbocycles. The van der Waals surface area contributed by atoms with Crippen molar-refractivity contribution >= 4 is 5.78 Å². The van der Waals surface area contributed by atoms with Gasteiger partial charge in [-0.05, 0) is 5.56 Å². The molecule has 1 atom stereocenters. The van der Waals surface area contributed by atoms with Gasteiger partial charge in [-0.3, -0.25) is 9.69 Å². The first-order chi connectivity index (χ1) is 7.79. The summed E-state index contributed by atoms with van der Waals surface area (Å²) in [5.41, 5.74) is 1.26. The summed E-state index contributed by atoms with van der Waals surface area (Å²) in [6.07, 6.45) is 0.568. The summed E-state index contributed by atoms with van der Waals surface area (Å²) in [5.74, 6) is 0.0178. The van der Waals surface area contributed by atoms with Gasteiger partial charge in [0.25, 0.3) is 0 Å². The molecule has 0 radical (unpaired) electrons. The minimum absolute atomic E-state index is 0.0237. The molecule has 0 bridgehead atoms. The zero-order chi connectivity index (χ0) is 11.4. The Bertz CT molecular complexity index is 350. The number of Topliss-reactive ketones (excluding diaryl/α,β-unsaturated/α-hetero) is 1. The van der Waals surface area contributed by atoms with E-state index in [0.717, 1.165) is 13.1 Å². The number of hydrogen-bond donors (Lipinski definition) is 1. The largest absolute Gasteiger partial charge is 0.396 e. The smallest absolute Gasteiger partial charge is 0.140 e. The zero-order valence-electron chi connectivity index (χ0n) is 9.30. The lowest BCUT2D eigenvalue weighted by molar-refractivity contribution is -0.127. The molecule has 16 heavy (non-hydrogen) atoms. The minimum atomic E-state index is -0.183. The highest BCUT2D eigenvalue weighted by atomic mass is 16.3. The number of carbonyl (C=O) groups is 1. The Labute approximate surface area is 95.7 Å². The van der Waals surface area contributed by atoms with Crippen molar-refractivity contribution in [2.45, 2.75) is 13.0 Å². The summed E-state index contributed by atoms with van der Waals surface area (Å²) in [6, 6.07) is 10.2. The van der Waals surface area contributed by atoms with Crippen molar-refractivity contribution in [1.29, 1.82) is 0 Å². The van der Waals surface area contributed by atoms with Gasteiger partial charge in [0.15, 0.2) is 0 Å². The molecule has 0 unspecified atom stereocenters. The number of aliphatic hydroxyl groups excluding tert-OH is 1. The Kier molecular flexibility index (Phi) is 3.70. The molecule has 3 nitrogen and oxygen atoms in total. The van der Waals surface area contributed by atoms with E-state index >= 15 is 0 Å². The highest BCUT2D eigenvalue weighted by Gasteiger charge is 2.26. The molecule has 0 aliphatic carbocycles. The van der Waals surface area contributed by atoms with Crippen molar-refractivity contribution in [1.82, 2.24) is 4.90 Å². The predicted molar refractivity (Wildman–Crippen MR) is 61.9 cm³/mol. The number of rotatable bonds is 3. The second kappa shape index (κ2) is 5.23. The van der Waals surface area contributed by atoms with Crippen LogP contribution < -0.4 is 0 Å². The molecule has 1 aliphatic heterocycles. The second-order valence-corrected chi connectivity index (χ2v) is 4.32. The number of benzene rings is 1. The van der Waals surface area contributed by atoms with E-state index in [0.29, 0.717) is 13.0 Å². The summed E-state index contributed by atoms with van der Waals surface area (Å²) in [7, 11) is 0. The monoisotopic (exact) mass is 219 g/mol. The molecule has 1 aromatic carbocycles. The van der Waals surface area contributed by atoms with Crippen molar-refractivity contribution in [3.05, 3.63) is 35.9 Å². The number of nitrogens with zero attached hydrogens (tertiary/aromatic N) is 1. The molecule has 3 heteroatoms. The van der Waals surface area contributed by atoms with E-state index in [2.05, 4.69) is 17.0 Å². The average molecular weight is 219 g/mol. The van der Waals surface area contributed by atoms with Gasteiger partial charge in [0, 0.05) is 26.1 Å². The number of carbonyl (C=O) groups excluding carboxylic acids is 1. The van der Waals surface area contributed by atoms with Crippen LogP contribution in [-0.2, 0) is 11.3 Å². The zero-order valence-corrected chi connectivity index (χ0v) is 9.30. The molecular weight excluding hydrogens is 202 g/mol. The molecule has 1 aromatic rings. The van der Waals surface area contributed by atoms with Crippen LogP contribution in [0.5, 0.6) is 0 Å². The third-order valence-electron chi connectivity index (χ3n) is 3.08. The van der Waals surface area contributed by atoms with Crippen molar-refractivity contribution < 1.29 is 9.90 Å². The maximum Gasteiger partial charge on any atom is 0.140 e. The van der Waals surface area contributed by atoms with Gasteiger partial charge in [-0.1, -0.05) is 30.3 Å². The third kappa shape index (κ3) is 2.68. The first-order valence-corrected chi connectivity index (χ1v) is 5.69. The van der Waals surface area contributed by atoms with Crippen LogP contribution in [0.3, 0.4) is 0 Å². The van der Waals surface area contributed by atoms with E-state index in [1.54, 1.807) is 0 Å². The van der Waals surface area contributed by atoms with Gasteiger partial charge in [0.2, 0.25) is 0 Å². The van der Waals surface area contributed by atoms with E-state index in [-0.39, 0.29) is 18.3 Å². The molecule has 1 saturated heterocycles. The van der Waals surface area contributed by atoms with Gasteiger partial charge in [-0.2, -0.15) is 0 Å². The Morgan fingerprint density at radius 2 is 2.06 bits per heavy atom. The van der Waals surface area contributed by atoms with Gasteiger partial charge in [-0.15, -0.1) is 0 Å². The number of likely N-dealkylation sites (tertiary alicyclic amines) is 1. The SMILES string of the molecule is O=C1CCN(Cc2ccccc2)C[C@H]1CO. The van der Waals surface area contributed by atoms with Crippen LogP contribution in [0.1, 0.15) is 12.0 Å². The van der Waals surface area contributed by atoms with Gasteiger partial charge in [-0.25, -0.2) is 0 Å². The predicted octanol–water partition coefficient (Wildman–Crippen LogP) is 1.07. The molecule has 0 amide bonds. The van der Waals surface area contributed by atoms with E-state index in [4.69, 9.17) is 5.11 Å². The van der Waals surface area contributed by atoms with Crippen molar-refractivity contribution in [3.63, 3.8) is 0 Å². The highest BCUT2D eigenvalue weighted by molar-refractivity contribution is 5.82. The van der Waals surface area contributed by atoms with Crippen LogP contribution in [0.2, 0.25) is 0 Å². The van der Waals surface area contributed by atoms with Crippen molar-refractivity contribution in [2.24, 2.45) is 5.92 Å². The van der Waals surface area contributed by atoms with Crippen LogP contribution in [0, 0.1) is 5.92 Å². The van der Waals surface area contributed by atoms with Crippen LogP contribution in [0.25, 0.3) is 0 Å². The molecule has 1 N–H and O–H groups in total. The normalized spacial score (nSPS) is 22.3. The highest BCUT2D eigenvalue weighted by Crippen LogP contribution is 2.15. The fourth-order valence-corrected chi connectivity index (χ4v) is 2.12. The topological polar surface area (TPSA) is 40.5 Å². The van der Waals surface area contributed by atoms with Crippen LogP contribution in [0.4, 0.5) is 0 Å². The number of ketones is 1. The Balaban J connectivity index is 1.94. The maximum atomic E-state index is 11.4. The minimum Gasteiger partial charge on any atom is -0.396 e. The Morgan fingerprint density at radius 3 is 2.75 bits per heavy atom. The van der Waals surface area contributed by atoms with E-state index < -0.39 is 0 Å². The maximum absolute atomic E-state index is 11.4. The average Bonchev–Trinajstić information content (AvgIpc) is 2.33. The first-order valence-electron chi connectivity index (χ1n) is 5.69. The summed E-state index contributed by atoms with van der Waals surface area (Å²) in [6.45, 7) is 2.34. The second-order valence-electron chi connectivity index (χ2n) is 4.32. The van der Waals surface area contributed by atoms with Crippen molar-refractivity contribution in [2.75, 3.05) is 19.7 Å². The lowest BCUT2D eigenvalue weighted by Gasteiger charge is -2.30. The molecule has 0 aromatic heterocycles. The lowest BCUT2D eigenvalue weighted by Crippen LogP contribution is -2.41. The van der Waals surface area contributed by atoms with E-state index in [1.165, 1.54) is 5.56 Å². The fourth-order valence-electron chi connectivity index (χ4n) is 2.12. The molecule has 0 spiro atoms. The Morgan fingerprint density at radius 1 is 1.31 bits per heavy atom. The summed E-state index contributed by atoms with van der Waals surface area (Å²) >= 11 is 0. The van der Waals surface area contributed by atoms with Gasteiger partial charge < -0.3 is 5.11 Å². The van der Waals surface area contributed by atoms with Crippen molar-refractivity contribution in [3.8, 4) is 0 Å². The number of hydrogen-bond acceptors (Lipinski definition) is 3. The summed E-state index contributed by atoms with van der Waals surface area (Å²) < 4.78 is 0. The van der Waals surface area contributed by atoms with Gasteiger partial charge in [0.1, 0.15) is 5.78 Å². The van der Waals surface area contributed by atoms with Crippen LogP contribution >= 0.6 is 0 Å². The number of aliphatic hydroxyl groups is 1. The van der Waals surface area contributed by atoms with Gasteiger partial charge in [0.05, 0.1) is 12.5 Å². The number of piperidine rings is 1. The molecule has 86 valence electrons. The van der Waals surface area contributed by atoms with E-state index in [1.807, 2.05) is 18.2 Å². The third-order valence-corrected chi connectivity index (χ3v) is 3.08. The molecule has 1 fully saturated rings. The summed E-state index contributed by atoms with van der Waals surface area (Å²) in [4.78, 5) is 13.7. The fraction of sp³-hybridized carbons (Fsp3) is 0.462. The molecule has 1 aliphatic rings. The summed E-state index contributed by atoms with van der Waals surface area (Å²) in [5, 5.41) is 9.10. The first kappa shape index (κ1) is 11.3. The molecule has 2 rings (SSSR count). The molecular formula is C13H17NO2. The van der Waals surface area contributed by atoms with E-state index in [9.17, 15) is 4.79 Å². The van der Waals surface area contributed by atoms with Crippen LogP contribution in [0.15, 0.2) is 30.3 Å². The molecule has 1 heterocycles. The lowest BCUT2D eigenvalue weighted by atomic mass is 9.97. The van der Waals surface area contributed by atoms with Gasteiger partial charge >= 0.3 is 0 Å². The van der Waals surface area contributed by atoms with Crippen LogP contribution in [-0.4, -0.2) is 35.5 Å².